The summed E-state index contributed by atoms with van der Waals surface area (Å²) in [5.74, 6) is 2.81. The summed E-state index contributed by atoms with van der Waals surface area (Å²) in [7, 11) is 4.50. The molecule has 5 saturated heterocycles. The van der Waals surface area contributed by atoms with Gasteiger partial charge in [0.1, 0.15) is 0 Å². The molecule has 2 atom stereocenters. The highest BCUT2D eigenvalue weighted by atomic mass is 15.3. The molecule has 5 heterocycles. The predicted octanol–water partition coefficient (Wildman–Crippen LogP) is 4.79. The van der Waals surface area contributed by atoms with Crippen molar-refractivity contribution in [2.75, 3.05) is 125 Å². The first-order valence-corrected chi connectivity index (χ1v) is 19.4. The normalized spacial score (nSPS) is 28.8. The van der Waals surface area contributed by atoms with E-state index < -0.39 is 0 Å². The Morgan fingerprint density at radius 2 is 1.30 bits per heavy atom. The lowest BCUT2D eigenvalue weighted by atomic mass is 9.66. The summed E-state index contributed by atoms with van der Waals surface area (Å²) in [4.78, 5) is 13.2. The SMILES string of the molecule is CC.CCCC(CCC)CN1CCN(C)CC1.CN1CCN(CC2CCNCC23CCCN(CCC2CCNCC2)C3)CC1. The zero-order valence-electron chi connectivity index (χ0n) is 30.6. The van der Waals surface area contributed by atoms with Crippen LogP contribution in [0.15, 0.2) is 0 Å². The van der Waals surface area contributed by atoms with E-state index >= 15 is 0 Å². The Hall–Kier alpha value is -0.280. The molecule has 0 aromatic carbocycles. The van der Waals surface area contributed by atoms with Crippen LogP contribution in [-0.4, -0.2) is 150 Å². The molecule has 0 amide bonds. The first kappa shape index (κ1) is 38.2. The van der Waals surface area contributed by atoms with Crippen molar-refractivity contribution >= 4 is 0 Å². The Balaban J connectivity index is 0.000000265. The smallest absolute Gasteiger partial charge is 0.0110 e. The first-order valence-electron chi connectivity index (χ1n) is 19.4. The molecule has 44 heavy (non-hydrogen) atoms. The second-order valence-electron chi connectivity index (χ2n) is 15.0. The second kappa shape index (κ2) is 21.6. The van der Waals surface area contributed by atoms with Crippen LogP contribution in [0.1, 0.15) is 91.9 Å². The second-order valence-corrected chi connectivity index (χ2v) is 15.0. The molecule has 5 fully saturated rings. The van der Waals surface area contributed by atoms with Crippen molar-refractivity contribution in [3.8, 4) is 0 Å². The lowest BCUT2D eigenvalue weighted by molar-refractivity contribution is -0.00942. The van der Waals surface area contributed by atoms with Gasteiger partial charge >= 0.3 is 0 Å². The van der Waals surface area contributed by atoms with E-state index in [1.54, 1.807) is 0 Å². The van der Waals surface area contributed by atoms with Gasteiger partial charge in [-0.1, -0.05) is 40.5 Å². The molecule has 0 aromatic rings. The van der Waals surface area contributed by atoms with Crippen LogP contribution in [0.4, 0.5) is 0 Å². The number of hydrogen-bond acceptors (Lipinski definition) is 7. The van der Waals surface area contributed by atoms with Crippen molar-refractivity contribution < 1.29 is 0 Å². The van der Waals surface area contributed by atoms with Gasteiger partial charge in [-0.2, -0.15) is 0 Å². The highest BCUT2D eigenvalue weighted by Crippen LogP contribution is 2.41. The van der Waals surface area contributed by atoms with E-state index in [0.717, 1.165) is 17.8 Å². The lowest BCUT2D eigenvalue weighted by Gasteiger charge is -2.52. The van der Waals surface area contributed by atoms with Crippen LogP contribution in [0.25, 0.3) is 0 Å². The standard InChI is InChI=1S/C22H43N5.C13H28N2.C2H6/c1-25-13-15-26(16-14-25)17-21-5-10-24-18-22(21)7-2-11-27(19-22)12-6-20-3-8-23-9-4-20;1-4-6-13(7-5-2)12-15-10-8-14(3)9-11-15;1-2/h20-21,23-24H,2-19H2,1H3;13H,4-12H2,1-3H3;1-2H3. The third-order valence-corrected chi connectivity index (χ3v) is 11.6. The summed E-state index contributed by atoms with van der Waals surface area (Å²) in [6.07, 6.45) is 14.0. The molecule has 0 aliphatic carbocycles. The Morgan fingerprint density at radius 1 is 0.705 bits per heavy atom. The third-order valence-electron chi connectivity index (χ3n) is 11.6. The number of likely N-dealkylation sites (tertiary alicyclic amines) is 1. The summed E-state index contributed by atoms with van der Waals surface area (Å²) in [6.45, 7) is 30.4. The molecule has 1 spiro atoms. The van der Waals surface area contributed by atoms with Crippen molar-refractivity contribution in [2.24, 2.45) is 23.2 Å². The van der Waals surface area contributed by atoms with Gasteiger partial charge in [0.05, 0.1) is 0 Å². The number of rotatable bonds is 11. The Bertz CT molecular complexity index is 690. The van der Waals surface area contributed by atoms with Gasteiger partial charge in [-0.05, 0) is 121 Å². The Morgan fingerprint density at radius 3 is 1.91 bits per heavy atom. The summed E-state index contributed by atoms with van der Waals surface area (Å²) in [6, 6.07) is 0. The number of hydrogen-bond donors (Lipinski definition) is 2. The Labute approximate surface area is 275 Å². The van der Waals surface area contributed by atoms with Crippen molar-refractivity contribution in [1.29, 1.82) is 0 Å². The van der Waals surface area contributed by atoms with Crippen LogP contribution in [0.5, 0.6) is 0 Å². The molecule has 0 radical (unpaired) electrons. The minimum absolute atomic E-state index is 0.536. The van der Waals surface area contributed by atoms with Crippen LogP contribution in [-0.2, 0) is 0 Å². The van der Waals surface area contributed by atoms with Crippen molar-refractivity contribution in [1.82, 2.24) is 35.1 Å². The monoisotopic (exact) mass is 620 g/mol. The molecule has 0 saturated carbocycles. The van der Waals surface area contributed by atoms with Crippen LogP contribution >= 0.6 is 0 Å². The van der Waals surface area contributed by atoms with Gasteiger partial charge in [-0.15, -0.1) is 0 Å². The maximum Gasteiger partial charge on any atom is 0.0110 e. The molecule has 5 rings (SSSR count). The van der Waals surface area contributed by atoms with E-state index in [4.69, 9.17) is 0 Å². The fourth-order valence-electron chi connectivity index (χ4n) is 8.69. The van der Waals surface area contributed by atoms with Gasteiger partial charge in [0, 0.05) is 78.5 Å². The van der Waals surface area contributed by atoms with Crippen molar-refractivity contribution in [3.63, 3.8) is 0 Å². The number of nitrogens with one attached hydrogen (secondary N) is 2. The zero-order chi connectivity index (χ0) is 31.6. The van der Waals surface area contributed by atoms with Gasteiger partial charge in [0.2, 0.25) is 0 Å². The molecule has 2 N–H and O–H groups in total. The van der Waals surface area contributed by atoms with Crippen LogP contribution in [0.3, 0.4) is 0 Å². The molecule has 260 valence electrons. The first-order chi connectivity index (χ1) is 21.5. The molecule has 7 heteroatoms. The zero-order valence-corrected chi connectivity index (χ0v) is 30.6. The molecule has 7 nitrogen and oxygen atoms in total. The maximum atomic E-state index is 3.78. The molecule has 5 aliphatic rings. The van der Waals surface area contributed by atoms with Crippen molar-refractivity contribution in [3.05, 3.63) is 0 Å². The van der Waals surface area contributed by atoms with Gasteiger partial charge in [0.25, 0.3) is 0 Å². The summed E-state index contributed by atoms with van der Waals surface area (Å²) in [5.41, 5.74) is 0.536. The van der Waals surface area contributed by atoms with E-state index in [9.17, 15) is 0 Å². The van der Waals surface area contributed by atoms with Gasteiger partial charge in [-0.3, -0.25) is 0 Å². The van der Waals surface area contributed by atoms with E-state index in [2.05, 4.69) is 63.1 Å². The minimum Gasteiger partial charge on any atom is -0.317 e. The average molecular weight is 620 g/mol. The largest absolute Gasteiger partial charge is 0.317 e. The van der Waals surface area contributed by atoms with E-state index in [0.29, 0.717) is 5.41 Å². The molecule has 0 bridgehead atoms. The van der Waals surface area contributed by atoms with Gasteiger partial charge in [-0.25, -0.2) is 0 Å². The number of piperidine rings is 3. The topological polar surface area (TPSA) is 40.3 Å². The highest BCUT2D eigenvalue weighted by Gasteiger charge is 2.44. The molecular weight excluding hydrogens is 542 g/mol. The predicted molar refractivity (Wildman–Crippen MR) is 192 cm³/mol. The molecule has 0 aromatic heterocycles. The van der Waals surface area contributed by atoms with Gasteiger partial charge in [0.15, 0.2) is 0 Å². The maximum absolute atomic E-state index is 3.78. The average Bonchev–Trinajstić information content (AvgIpc) is 3.05. The highest BCUT2D eigenvalue weighted by molar-refractivity contribution is 4.98. The van der Waals surface area contributed by atoms with E-state index in [1.807, 2.05) is 13.8 Å². The quantitative estimate of drug-likeness (QED) is 0.345. The van der Waals surface area contributed by atoms with E-state index in [-0.39, 0.29) is 0 Å². The third kappa shape index (κ3) is 13.1. The summed E-state index contributed by atoms with van der Waals surface area (Å²) in [5, 5.41) is 7.30. The van der Waals surface area contributed by atoms with Gasteiger partial charge < -0.3 is 35.1 Å². The minimum atomic E-state index is 0.536. The lowest BCUT2D eigenvalue weighted by Crippen LogP contribution is -2.59. The fourth-order valence-corrected chi connectivity index (χ4v) is 8.69. The van der Waals surface area contributed by atoms with Crippen LogP contribution in [0, 0.1) is 23.2 Å². The van der Waals surface area contributed by atoms with Crippen LogP contribution < -0.4 is 10.6 Å². The summed E-state index contributed by atoms with van der Waals surface area (Å²) >= 11 is 0. The van der Waals surface area contributed by atoms with Crippen LogP contribution in [0.2, 0.25) is 0 Å². The summed E-state index contributed by atoms with van der Waals surface area (Å²) < 4.78 is 0. The van der Waals surface area contributed by atoms with E-state index in [1.165, 1.54) is 175 Å². The number of likely N-dealkylation sites (N-methyl/N-ethyl adjacent to an activating group) is 2. The van der Waals surface area contributed by atoms with Crippen molar-refractivity contribution in [2.45, 2.75) is 91.9 Å². The molecule has 5 aliphatic heterocycles. The Kier molecular flexibility index (Phi) is 18.7. The molecular formula is C37H77N7. The number of nitrogens with zero attached hydrogens (tertiary/aromatic N) is 5. The molecule has 2 unspecified atom stereocenters. The number of piperazine rings is 2. The fraction of sp³-hybridized carbons (Fsp3) is 1.00.